The highest BCUT2D eigenvalue weighted by Crippen LogP contribution is 2.42. The summed E-state index contributed by atoms with van der Waals surface area (Å²) in [4.78, 5) is 11.5. The fourth-order valence-corrected chi connectivity index (χ4v) is 2.95. The number of esters is 1. The fraction of sp³-hybridized carbons (Fsp3) is 0.643. The molecule has 3 rings (SSSR count). The summed E-state index contributed by atoms with van der Waals surface area (Å²) in [7, 11) is 1.39. The van der Waals surface area contributed by atoms with Crippen LogP contribution in [0, 0.1) is 0 Å². The lowest BCUT2D eigenvalue weighted by molar-refractivity contribution is -0.187. The highest BCUT2D eigenvalue weighted by atomic mass is 16.8. The molecule has 98 valence electrons. The van der Waals surface area contributed by atoms with Crippen molar-refractivity contribution in [2.75, 3.05) is 7.11 Å². The molecule has 2 aliphatic carbocycles. The molecular formula is C14H18O4. The molecule has 1 heterocycles. The molecule has 1 spiro atoms. The second kappa shape index (κ2) is 4.52. The second-order valence-electron chi connectivity index (χ2n) is 5.11. The maximum atomic E-state index is 11.5. The van der Waals surface area contributed by atoms with E-state index in [1.807, 2.05) is 12.2 Å². The topological polar surface area (TPSA) is 44.8 Å². The molecule has 1 saturated heterocycles. The summed E-state index contributed by atoms with van der Waals surface area (Å²) in [5.41, 5.74) is 0.551. The van der Waals surface area contributed by atoms with Crippen molar-refractivity contribution >= 4 is 5.97 Å². The average Bonchev–Trinajstić information content (AvgIpc) is 2.74. The number of methoxy groups -OCH3 is 1. The van der Waals surface area contributed by atoms with Gasteiger partial charge in [0.05, 0.1) is 12.7 Å². The third-order valence-corrected chi connectivity index (χ3v) is 3.87. The molecule has 0 N–H and O–H groups in total. The standard InChI is InChI=1S/C14H18O4/c1-16-13(15)10-5-6-11-12(9-10)18-14(17-11)7-3-2-4-8-14/h5-6,9,11-12H,2-4,7-8H2,1H3. The first-order valence-electron chi connectivity index (χ1n) is 6.56. The van der Waals surface area contributed by atoms with Crippen LogP contribution < -0.4 is 0 Å². The highest BCUT2D eigenvalue weighted by Gasteiger charge is 2.47. The van der Waals surface area contributed by atoms with Gasteiger partial charge in [-0.1, -0.05) is 12.5 Å². The van der Waals surface area contributed by atoms with Gasteiger partial charge in [-0.05, 0) is 25.0 Å². The molecule has 1 saturated carbocycles. The van der Waals surface area contributed by atoms with Crippen LogP contribution in [-0.4, -0.2) is 31.1 Å². The Morgan fingerprint density at radius 2 is 2.00 bits per heavy atom. The molecule has 0 radical (unpaired) electrons. The van der Waals surface area contributed by atoms with Gasteiger partial charge in [0.2, 0.25) is 0 Å². The summed E-state index contributed by atoms with van der Waals surface area (Å²) in [5, 5.41) is 0. The molecule has 0 bridgehead atoms. The molecule has 4 nitrogen and oxygen atoms in total. The van der Waals surface area contributed by atoms with Crippen LogP contribution in [0.4, 0.5) is 0 Å². The van der Waals surface area contributed by atoms with Gasteiger partial charge in [-0.3, -0.25) is 0 Å². The maximum absolute atomic E-state index is 11.5. The summed E-state index contributed by atoms with van der Waals surface area (Å²) in [6, 6.07) is 0. The molecular weight excluding hydrogens is 232 g/mol. The Bertz CT molecular complexity index is 404. The number of carbonyl (C=O) groups is 1. The van der Waals surface area contributed by atoms with Crippen molar-refractivity contribution in [3.05, 3.63) is 23.8 Å². The second-order valence-corrected chi connectivity index (χ2v) is 5.11. The van der Waals surface area contributed by atoms with Crippen molar-refractivity contribution in [2.45, 2.75) is 50.1 Å². The smallest absolute Gasteiger partial charge is 0.337 e. The van der Waals surface area contributed by atoms with Gasteiger partial charge in [0, 0.05) is 12.8 Å². The molecule has 0 aromatic heterocycles. The van der Waals surface area contributed by atoms with Crippen molar-refractivity contribution in [1.29, 1.82) is 0 Å². The fourth-order valence-electron chi connectivity index (χ4n) is 2.95. The van der Waals surface area contributed by atoms with E-state index in [2.05, 4.69) is 0 Å². The van der Waals surface area contributed by atoms with E-state index in [9.17, 15) is 4.79 Å². The first kappa shape index (κ1) is 11.9. The van der Waals surface area contributed by atoms with Crippen LogP contribution in [0.5, 0.6) is 0 Å². The Kier molecular flexibility index (Phi) is 2.99. The van der Waals surface area contributed by atoms with Gasteiger partial charge in [-0.2, -0.15) is 0 Å². The van der Waals surface area contributed by atoms with Gasteiger partial charge in [0.15, 0.2) is 5.79 Å². The van der Waals surface area contributed by atoms with E-state index in [4.69, 9.17) is 14.2 Å². The predicted molar refractivity (Wildman–Crippen MR) is 64.8 cm³/mol. The minimum Gasteiger partial charge on any atom is -0.465 e. The number of ether oxygens (including phenoxy) is 3. The molecule has 2 unspecified atom stereocenters. The average molecular weight is 250 g/mol. The zero-order valence-corrected chi connectivity index (χ0v) is 10.6. The molecule has 0 amide bonds. The lowest BCUT2D eigenvalue weighted by atomic mass is 9.94. The Morgan fingerprint density at radius 3 is 2.72 bits per heavy atom. The predicted octanol–water partition coefficient (Wildman–Crippen LogP) is 2.10. The third kappa shape index (κ3) is 1.99. The first-order chi connectivity index (χ1) is 8.72. The number of fused-ring (bicyclic) bond motifs is 1. The van der Waals surface area contributed by atoms with Crippen molar-refractivity contribution < 1.29 is 19.0 Å². The van der Waals surface area contributed by atoms with Gasteiger partial charge in [0.25, 0.3) is 0 Å². The normalized spacial score (nSPS) is 33.1. The van der Waals surface area contributed by atoms with E-state index in [1.165, 1.54) is 13.5 Å². The summed E-state index contributed by atoms with van der Waals surface area (Å²) in [6.45, 7) is 0. The first-order valence-corrected chi connectivity index (χ1v) is 6.56. The maximum Gasteiger partial charge on any atom is 0.337 e. The van der Waals surface area contributed by atoms with Crippen molar-refractivity contribution in [1.82, 2.24) is 0 Å². The minimum absolute atomic E-state index is 0.0588. The van der Waals surface area contributed by atoms with Crippen LogP contribution in [-0.2, 0) is 19.0 Å². The zero-order chi connectivity index (χ0) is 12.6. The van der Waals surface area contributed by atoms with Crippen LogP contribution in [0.3, 0.4) is 0 Å². The lowest BCUT2D eigenvalue weighted by Gasteiger charge is -2.31. The Labute approximate surface area is 107 Å². The molecule has 4 heteroatoms. The summed E-state index contributed by atoms with van der Waals surface area (Å²) < 4.78 is 16.8. The van der Waals surface area contributed by atoms with Crippen LogP contribution >= 0.6 is 0 Å². The van der Waals surface area contributed by atoms with Crippen LogP contribution in [0.25, 0.3) is 0 Å². The lowest BCUT2D eigenvalue weighted by Crippen LogP contribution is -2.33. The van der Waals surface area contributed by atoms with Crippen LogP contribution in [0.15, 0.2) is 23.8 Å². The minimum atomic E-state index is -0.417. The molecule has 0 aromatic carbocycles. The van der Waals surface area contributed by atoms with Crippen LogP contribution in [0.1, 0.15) is 32.1 Å². The molecule has 1 aliphatic heterocycles. The largest absolute Gasteiger partial charge is 0.465 e. The quantitative estimate of drug-likeness (QED) is 0.668. The number of rotatable bonds is 1. The monoisotopic (exact) mass is 250 g/mol. The van der Waals surface area contributed by atoms with E-state index >= 15 is 0 Å². The number of carbonyl (C=O) groups excluding carboxylic acids is 1. The van der Waals surface area contributed by atoms with E-state index in [0.29, 0.717) is 5.57 Å². The van der Waals surface area contributed by atoms with Gasteiger partial charge >= 0.3 is 5.97 Å². The Morgan fingerprint density at radius 1 is 1.28 bits per heavy atom. The van der Waals surface area contributed by atoms with Crippen molar-refractivity contribution in [3.63, 3.8) is 0 Å². The molecule has 2 atom stereocenters. The van der Waals surface area contributed by atoms with Crippen LogP contribution in [0.2, 0.25) is 0 Å². The van der Waals surface area contributed by atoms with E-state index in [1.54, 1.807) is 6.08 Å². The van der Waals surface area contributed by atoms with Crippen molar-refractivity contribution in [3.8, 4) is 0 Å². The van der Waals surface area contributed by atoms with E-state index in [-0.39, 0.29) is 18.2 Å². The summed E-state index contributed by atoms with van der Waals surface area (Å²) in [6.07, 6.45) is 10.7. The molecule has 0 aromatic rings. The zero-order valence-electron chi connectivity index (χ0n) is 10.6. The van der Waals surface area contributed by atoms with Gasteiger partial charge in [-0.25, -0.2) is 4.79 Å². The number of hydrogen-bond acceptors (Lipinski definition) is 4. The van der Waals surface area contributed by atoms with Gasteiger partial charge in [-0.15, -0.1) is 0 Å². The Balaban J connectivity index is 1.76. The molecule has 18 heavy (non-hydrogen) atoms. The third-order valence-electron chi connectivity index (χ3n) is 3.87. The van der Waals surface area contributed by atoms with E-state index in [0.717, 1.165) is 25.7 Å². The SMILES string of the molecule is COC(=O)C1=CC2OC3(CCCCC3)OC2C=C1. The highest BCUT2D eigenvalue weighted by molar-refractivity contribution is 5.91. The molecule has 3 aliphatic rings. The van der Waals surface area contributed by atoms with Crippen molar-refractivity contribution in [2.24, 2.45) is 0 Å². The van der Waals surface area contributed by atoms with Gasteiger partial charge in [0.1, 0.15) is 12.2 Å². The summed E-state index contributed by atoms with van der Waals surface area (Å²) >= 11 is 0. The number of hydrogen-bond donors (Lipinski definition) is 0. The Hall–Kier alpha value is -1.13. The summed E-state index contributed by atoms with van der Waals surface area (Å²) in [5.74, 6) is -0.738. The van der Waals surface area contributed by atoms with E-state index < -0.39 is 5.79 Å². The van der Waals surface area contributed by atoms with Gasteiger partial charge < -0.3 is 14.2 Å². The molecule has 2 fully saturated rings.